The van der Waals surface area contributed by atoms with E-state index >= 15 is 0 Å². The molecule has 4 nitrogen and oxygen atoms in total. The fourth-order valence-electron chi connectivity index (χ4n) is 2.00. The zero-order chi connectivity index (χ0) is 15.4. The predicted octanol–water partition coefficient (Wildman–Crippen LogP) is 3.91. The van der Waals surface area contributed by atoms with E-state index in [0.29, 0.717) is 11.6 Å². The van der Waals surface area contributed by atoms with Gasteiger partial charge in [-0.1, -0.05) is 25.5 Å². The minimum Gasteiger partial charge on any atom is -0.320 e. The number of nitrogens with two attached hydrogens (primary N) is 1. The van der Waals surface area contributed by atoms with Crippen LogP contribution >= 0.6 is 23.7 Å². The van der Waals surface area contributed by atoms with E-state index in [2.05, 4.69) is 36.3 Å². The van der Waals surface area contributed by atoms with Crippen molar-refractivity contribution in [2.45, 2.75) is 39.7 Å². The highest BCUT2D eigenvalue weighted by Crippen LogP contribution is 2.26. The molecule has 1 aromatic heterocycles. The summed E-state index contributed by atoms with van der Waals surface area (Å²) in [6.45, 7) is 6.17. The third kappa shape index (κ3) is 4.53. The number of carbonyl (C=O) groups excluding carboxylic acids is 1. The average Bonchev–Trinajstić information content (AvgIpc) is 2.90. The maximum atomic E-state index is 11.9. The highest BCUT2D eigenvalue weighted by atomic mass is 35.5. The molecule has 1 amide bonds. The lowest BCUT2D eigenvalue weighted by Crippen LogP contribution is -2.35. The molecule has 0 bridgehead atoms. The van der Waals surface area contributed by atoms with Crippen molar-refractivity contribution >= 4 is 34.8 Å². The minimum atomic E-state index is -0.469. The van der Waals surface area contributed by atoms with Crippen molar-refractivity contribution in [3.8, 4) is 11.3 Å². The first kappa shape index (κ1) is 18.6. The summed E-state index contributed by atoms with van der Waals surface area (Å²) in [5.74, 6) is -0.169. The van der Waals surface area contributed by atoms with Crippen LogP contribution in [0.25, 0.3) is 11.3 Å². The highest BCUT2D eigenvalue weighted by molar-refractivity contribution is 7.14. The number of thiazole rings is 1. The third-order valence-corrected chi connectivity index (χ3v) is 4.23. The molecular weight excluding hydrogens is 318 g/mol. The second-order valence-corrected chi connectivity index (χ2v) is 6.08. The van der Waals surface area contributed by atoms with E-state index in [9.17, 15) is 4.79 Å². The van der Waals surface area contributed by atoms with Crippen molar-refractivity contribution in [3.63, 3.8) is 0 Å². The predicted molar refractivity (Wildman–Crippen MR) is 95.8 cm³/mol. The Bertz CT molecular complexity index is 642. The van der Waals surface area contributed by atoms with E-state index < -0.39 is 6.04 Å². The van der Waals surface area contributed by atoms with Gasteiger partial charge in [0, 0.05) is 10.9 Å². The molecule has 2 aromatic rings. The van der Waals surface area contributed by atoms with Crippen LogP contribution < -0.4 is 11.1 Å². The molecule has 0 fully saturated rings. The first-order chi connectivity index (χ1) is 10.0. The summed E-state index contributed by atoms with van der Waals surface area (Å²) in [7, 11) is 0. The van der Waals surface area contributed by atoms with E-state index in [0.717, 1.165) is 17.7 Å². The maximum Gasteiger partial charge on any atom is 0.243 e. The quantitative estimate of drug-likeness (QED) is 0.867. The Morgan fingerprint density at radius 1 is 1.36 bits per heavy atom. The molecule has 1 heterocycles. The van der Waals surface area contributed by atoms with Crippen LogP contribution in [-0.4, -0.2) is 16.9 Å². The topological polar surface area (TPSA) is 68.0 Å². The number of rotatable bonds is 5. The zero-order valence-electron chi connectivity index (χ0n) is 13.1. The van der Waals surface area contributed by atoms with E-state index in [1.807, 2.05) is 18.4 Å². The van der Waals surface area contributed by atoms with Crippen molar-refractivity contribution in [2.24, 2.45) is 5.73 Å². The van der Waals surface area contributed by atoms with E-state index in [1.54, 1.807) is 0 Å². The lowest BCUT2D eigenvalue weighted by Gasteiger charge is -2.08. The van der Waals surface area contributed by atoms with Crippen LogP contribution in [0.4, 0.5) is 5.13 Å². The molecule has 0 aliphatic rings. The molecule has 22 heavy (non-hydrogen) atoms. The summed E-state index contributed by atoms with van der Waals surface area (Å²) in [5.41, 5.74) is 10.2. The highest BCUT2D eigenvalue weighted by Gasteiger charge is 2.14. The molecule has 6 heteroatoms. The van der Waals surface area contributed by atoms with Crippen LogP contribution in [0.1, 0.15) is 30.9 Å². The van der Waals surface area contributed by atoms with Gasteiger partial charge in [-0.2, -0.15) is 0 Å². The first-order valence-corrected chi connectivity index (χ1v) is 7.98. The number of aryl methyl sites for hydroxylation is 2. The Morgan fingerprint density at radius 3 is 2.73 bits per heavy atom. The summed E-state index contributed by atoms with van der Waals surface area (Å²) in [6, 6.07) is 5.77. The molecule has 0 spiro atoms. The van der Waals surface area contributed by atoms with Gasteiger partial charge in [0.15, 0.2) is 5.13 Å². The third-order valence-electron chi connectivity index (χ3n) is 3.47. The molecule has 3 N–H and O–H groups in total. The molecule has 0 aliphatic carbocycles. The Kier molecular flexibility index (Phi) is 7.00. The molecule has 0 saturated heterocycles. The smallest absolute Gasteiger partial charge is 0.243 e. The summed E-state index contributed by atoms with van der Waals surface area (Å²) >= 11 is 1.42. The van der Waals surface area contributed by atoms with E-state index in [4.69, 9.17) is 5.73 Å². The van der Waals surface area contributed by atoms with Crippen LogP contribution in [0.15, 0.2) is 23.6 Å². The number of carbonyl (C=O) groups is 1. The Hall–Kier alpha value is -1.43. The molecule has 2 rings (SSSR count). The number of anilines is 1. The van der Waals surface area contributed by atoms with Gasteiger partial charge in [0.25, 0.3) is 0 Å². The zero-order valence-corrected chi connectivity index (χ0v) is 14.7. The largest absolute Gasteiger partial charge is 0.320 e. The normalized spacial score (nSPS) is 11.6. The second kappa shape index (κ2) is 8.27. The first-order valence-electron chi connectivity index (χ1n) is 7.11. The monoisotopic (exact) mass is 339 g/mol. The molecule has 0 aliphatic heterocycles. The van der Waals surface area contributed by atoms with E-state index in [-0.39, 0.29) is 18.3 Å². The van der Waals surface area contributed by atoms with Gasteiger partial charge >= 0.3 is 0 Å². The minimum absolute atomic E-state index is 0. The molecule has 1 atom stereocenters. The fourth-order valence-corrected chi connectivity index (χ4v) is 2.73. The maximum absolute atomic E-state index is 11.9. The lowest BCUT2D eigenvalue weighted by atomic mass is 10.1. The fraction of sp³-hybridized carbons (Fsp3) is 0.375. The van der Waals surface area contributed by atoms with Crippen LogP contribution in [0.5, 0.6) is 0 Å². The number of hydrogen-bond donors (Lipinski definition) is 2. The number of benzene rings is 1. The van der Waals surface area contributed by atoms with Crippen LogP contribution in [0.3, 0.4) is 0 Å². The summed E-state index contributed by atoms with van der Waals surface area (Å²) in [5, 5.41) is 5.33. The van der Waals surface area contributed by atoms with Gasteiger partial charge in [0.1, 0.15) is 0 Å². The van der Waals surface area contributed by atoms with Gasteiger partial charge in [-0.25, -0.2) is 4.98 Å². The Morgan fingerprint density at radius 2 is 2.09 bits per heavy atom. The van der Waals surface area contributed by atoms with Crippen molar-refractivity contribution in [1.29, 1.82) is 0 Å². The molecule has 1 aromatic carbocycles. The number of nitrogens with zero attached hydrogens (tertiary/aromatic N) is 1. The lowest BCUT2D eigenvalue weighted by molar-refractivity contribution is -0.117. The van der Waals surface area contributed by atoms with Gasteiger partial charge < -0.3 is 11.1 Å². The van der Waals surface area contributed by atoms with Crippen LogP contribution in [0, 0.1) is 13.8 Å². The van der Waals surface area contributed by atoms with Crippen molar-refractivity contribution in [3.05, 3.63) is 34.7 Å². The Labute approximate surface area is 141 Å². The van der Waals surface area contributed by atoms with Gasteiger partial charge in [-0.15, -0.1) is 23.7 Å². The van der Waals surface area contributed by atoms with Gasteiger partial charge in [-0.05, 0) is 37.5 Å². The van der Waals surface area contributed by atoms with Crippen molar-refractivity contribution < 1.29 is 4.79 Å². The number of amides is 1. The van der Waals surface area contributed by atoms with Gasteiger partial charge in [0.2, 0.25) is 5.91 Å². The van der Waals surface area contributed by atoms with Crippen LogP contribution in [0.2, 0.25) is 0 Å². The van der Waals surface area contributed by atoms with Crippen LogP contribution in [-0.2, 0) is 4.79 Å². The van der Waals surface area contributed by atoms with Gasteiger partial charge in [0.05, 0.1) is 11.7 Å². The molecular formula is C16H22ClN3OS. The number of aromatic nitrogens is 1. The van der Waals surface area contributed by atoms with Crippen molar-refractivity contribution in [2.75, 3.05) is 5.32 Å². The Balaban J connectivity index is 0.00000242. The average molecular weight is 340 g/mol. The van der Waals surface area contributed by atoms with E-state index in [1.165, 1.54) is 22.5 Å². The number of hydrogen-bond acceptors (Lipinski definition) is 4. The molecule has 120 valence electrons. The standard InChI is InChI=1S/C16H21N3OS.ClH/c1-4-5-13(17)15(20)19-16-18-14(9-21-16)12-7-6-10(2)11(3)8-12;/h6-9,13H,4-5,17H2,1-3H3,(H,18,19,20);1H. The van der Waals surface area contributed by atoms with Gasteiger partial charge in [-0.3, -0.25) is 4.79 Å². The SMILES string of the molecule is CCCC(N)C(=O)Nc1nc(-c2ccc(C)c(C)c2)cs1.Cl. The van der Waals surface area contributed by atoms with Crippen molar-refractivity contribution in [1.82, 2.24) is 4.98 Å². The molecule has 0 saturated carbocycles. The summed E-state index contributed by atoms with van der Waals surface area (Å²) < 4.78 is 0. The summed E-state index contributed by atoms with van der Waals surface area (Å²) in [4.78, 5) is 16.3. The summed E-state index contributed by atoms with van der Waals surface area (Å²) in [6.07, 6.45) is 1.57. The molecule has 0 radical (unpaired) electrons. The number of nitrogens with one attached hydrogen (secondary N) is 1. The number of halogens is 1. The second-order valence-electron chi connectivity index (χ2n) is 5.22. The molecule has 1 unspecified atom stereocenters.